The van der Waals surface area contributed by atoms with Crippen molar-refractivity contribution in [3.8, 4) is 0 Å². The summed E-state index contributed by atoms with van der Waals surface area (Å²) in [5, 5.41) is 22.4. The summed E-state index contributed by atoms with van der Waals surface area (Å²) in [7, 11) is 0. The summed E-state index contributed by atoms with van der Waals surface area (Å²) in [5.74, 6) is -0.383. The van der Waals surface area contributed by atoms with Crippen LogP contribution in [0.2, 0.25) is 5.02 Å². The van der Waals surface area contributed by atoms with Crippen molar-refractivity contribution in [1.82, 2.24) is 5.32 Å². The van der Waals surface area contributed by atoms with Crippen molar-refractivity contribution in [3.05, 3.63) is 38.9 Å². The van der Waals surface area contributed by atoms with E-state index < -0.39 is 4.92 Å². The summed E-state index contributed by atoms with van der Waals surface area (Å²) < 4.78 is 0. The molecule has 1 aliphatic carbocycles. The van der Waals surface area contributed by atoms with Crippen LogP contribution in [-0.4, -0.2) is 28.1 Å². The molecule has 18 heavy (non-hydrogen) atoms. The van der Waals surface area contributed by atoms with Gasteiger partial charge in [-0.2, -0.15) is 0 Å². The van der Waals surface area contributed by atoms with E-state index >= 15 is 0 Å². The summed E-state index contributed by atoms with van der Waals surface area (Å²) in [5.41, 5.74) is 0.0410. The Hall–Kier alpha value is -1.66. The molecule has 0 radical (unpaired) electrons. The van der Waals surface area contributed by atoms with E-state index in [2.05, 4.69) is 5.32 Å². The van der Waals surface area contributed by atoms with E-state index in [9.17, 15) is 14.9 Å². The summed E-state index contributed by atoms with van der Waals surface area (Å²) >= 11 is 5.83. The number of nitro benzene ring substituents is 1. The first-order valence-corrected chi connectivity index (χ1v) is 5.78. The normalized spacial score (nSPS) is 22.1. The Morgan fingerprint density at radius 2 is 2.17 bits per heavy atom. The minimum absolute atomic E-state index is 0.0431. The molecule has 0 aromatic heterocycles. The molecule has 1 aliphatic rings. The summed E-state index contributed by atoms with van der Waals surface area (Å²) in [6.45, 7) is 0. The number of nitro groups is 1. The fourth-order valence-electron chi connectivity index (χ4n) is 1.77. The number of rotatable bonds is 3. The molecule has 0 saturated heterocycles. The van der Waals surface area contributed by atoms with Crippen molar-refractivity contribution >= 4 is 23.2 Å². The summed E-state index contributed by atoms with van der Waals surface area (Å²) in [6, 6.07) is 3.65. The van der Waals surface area contributed by atoms with Crippen molar-refractivity contribution < 1.29 is 14.8 Å². The van der Waals surface area contributed by atoms with Crippen LogP contribution in [0.3, 0.4) is 0 Å². The standard InChI is InChI=1S/C11H11ClN2O4/c12-10-5-7(14(17)18)1-2-9(10)11(16)13-6-3-8(15)4-6/h1-2,5-6,8,15H,3-4H2,(H,13,16). The third-order valence-corrected chi connectivity index (χ3v) is 3.17. The number of aliphatic hydroxyl groups is 1. The molecule has 2 N–H and O–H groups in total. The Balaban J connectivity index is 2.08. The second-order valence-corrected chi connectivity index (χ2v) is 4.62. The molecule has 0 spiro atoms. The highest BCUT2D eigenvalue weighted by molar-refractivity contribution is 6.34. The van der Waals surface area contributed by atoms with Crippen molar-refractivity contribution in [2.45, 2.75) is 25.0 Å². The van der Waals surface area contributed by atoms with Crippen LogP contribution in [0.15, 0.2) is 18.2 Å². The zero-order valence-electron chi connectivity index (χ0n) is 9.30. The molecule has 0 heterocycles. The maximum Gasteiger partial charge on any atom is 0.270 e. The van der Waals surface area contributed by atoms with Gasteiger partial charge in [0, 0.05) is 18.2 Å². The quantitative estimate of drug-likeness (QED) is 0.643. The summed E-state index contributed by atoms with van der Waals surface area (Å²) in [4.78, 5) is 21.8. The number of nitrogens with zero attached hydrogens (tertiary/aromatic N) is 1. The average molecular weight is 271 g/mol. The Morgan fingerprint density at radius 1 is 1.50 bits per heavy atom. The van der Waals surface area contributed by atoms with Crippen molar-refractivity contribution in [1.29, 1.82) is 0 Å². The van der Waals surface area contributed by atoms with Gasteiger partial charge >= 0.3 is 0 Å². The molecule has 1 saturated carbocycles. The molecule has 1 aromatic rings. The molecule has 1 amide bonds. The number of benzene rings is 1. The van der Waals surface area contributed by atoms with Gasteiger partial charge in [0.05, 0.1) is 21.6 Å². The van der Waals surface area contributed by atoms with Crippen LogP contribution in [0.1, 0.15) is 23.2 Å². The van der Waals surface area contributed by atoms with Crippen molar-refractivity contribution in [2.75, 3.05) is 0 Å². The van der Waals surface area contributed by atoms with E-state index in [-0.39, 0.29) is 34.3 Å². The molecule has 7 heteroatoms. The fraction of sp³-hybridized carbons (Fsp3) is 0.364. The van der Waals surface area contributed by atoms with Crippen LogP contribution < -0.4 is 5.32 Å². The van der Waals surface area contributed by atoms with Gasteiger partial charge in [0.25, 0.3) is 11.6 Å². The van der Waals surface area contributed by atoms with Gasteiger partial charge < -0.3 is 10.4 Å². The van der Waals surface area contributed by atoms with Gasteiger partial charge in [0.15, 0.2) is 0 Å². The van der Waals surface area contributed by atoms with Crippen LogP contribution >= 0.6 is 11.6 Å². The third-order valence-electron chi connectivity index (χ3n) is 2.86. The second kappa shape index (κ2) is 4.91. The lowest BCUT2D eigenvalue weighted by atomic mass is 9.89. The molecular weight excluding hydrogens is 260 g/mol. The zero-order valence-corrected chi connectivity index (χ0v) is 10.1. The predicted octanol–water partition coefficient (Wildman–Crippen LogP) is 1.50. The van der Waals surface area contributed by atoms with E-state index in [4.69, 9.17) is 16.7 Å². The lowest BCUT2D eigenvalue weighted by molar-refractivity contribution is -0.384. The number of aliphatic hydroxyl groups excluding tert-OH is 1. The molecule has 1 fully saturated rings. The predicted molar refractivity (Wildman–Crippen MR) is 64.6 cm³/mol. The number of carbonyl (C=O) groups excluding carboxylic acids is 1. The number of carbonyl (C=O) groups is 1. The van der Waals surface area contributed by atoms with Crippen LogP contribution in [0.4, 0.5) is 5.69 Å². The lowest BCUT2D eigenvalue weighted by Gasteiger charge is -2.31. The largest absolute Gasteiger partial charge is 0.393 e. The first-order chi connectivity index (χ1) is 8.47. The highest BCUT2D eigenvalue weighted by Crippen LogP contribution is 2.24. The number of hydrogen-bond donors (Lipinski definition) is 2. The smallest absolute Gasteiger partial charge is 0.270 e. The number of amides is 1. The van der Waals surface area contributed by atoms with E-state index in [1.165, 1.54) is 12.1 Å². The highest BCUT2D eigenvalue weighted by atomic mass is 35.5. The van der Waals surface area contributed by atoms with Crippen LogP contribution in [0.5, 0.6) is 0 Å². The van der Waals surface area contributed by atoms with Crippen molar-refractivity contribution in [2.24, 2.45) is 0 Å². The van der Waals surface area contributed by atoms with Crippen molar-refractivity contribution in [3.63, 3.8) is 0 Å². The van der Waals surface area contributed by atoms with Gasteiger partial charge in [0.2, 0.25) is 0 Å². The Bertz CT molecular complexity index is 500. The van der Waals surface area contributed by atoms with Gasteiger partial charge in [0.1, 0.15) is 0 Å². The maximum absolute atomic E-state index is 11.8. The van der Waals surface area contributed by atoms with E-state index in [1.54, 1.807) is 0 Å². The topological polar surface area (TPSA) is 92.5 Å². The second-order valence-electron chi connectivity index (χ2n) is 4.22. The molecule has 0 unspecified atom stereocenters. The first kappa shape index (κ1) is 12.8. The minimum Gasteiger partial charge on any atom is -0.393 e. The monoisotopic (exact) mass is 270 g/mol. The Morgan fingerprint density at radius 3 is 2.67 bits per heavy atom. The first-order valence-electron chi connectivity index (χ1n) is 5.40. The SMILES string of the molecule is O=C(NC1CC(O)C1)c1ccc([N+](=O)[O-])cc1Cl. The van der Waals surface area contributed by atoms with Gasteiger partial charge in [-0.1, -0.05) is 11.6 Å². The van der Waals surface area contributed by atoms with E-state index in [0.29, 0.717) is 12.8 Å². The lowest BCUT2D eigenvalue weighted by Crippen LogP contribution is -2.46. The number of non-ortho nitro benzene ring substituents is 1. The summed E-state index contributed by atoms with van der Waals surface area (Å²) in [6.07, 6.45) is 0.690. The maximum atomic E-state index is 11.8. The van der Waals surface area contributed by atoms with Crippen LogP contribution in [0, 0.1) is 10.1 Å². The molecule has 6 nitrogen and oxygen atoms in total. The van der Waals surface area contributed by atoms with Gasteiger partial charge in [-0.3, -0.25) is 14.9 Å². The fourth-order valence-corrected chi connectivity index (χ4v) is 2.03. The highest BCUT2D eigenvalue weighted by Gasteiger charge is 2.29. The number of hydrogen-bond acceptors (Lipinski definition) is 4. The van der Waals surface area contributed by atoms with Gasteiger partial charge in [-0.15, -0.1) is 0 Å². The average Bonchev–Trinajstić information content (AvgIpc) is 2.26. The third kappa shape index (κ3) is 2.60. The van der Waals surface area contributed by atoms with Crippen LogP contribution in [-0.2, 0) is 0 Å². The molecule has 0 atom stereocenters. The molecule has 0 aliphatic heterocycles. The van der Waals surface area contributed by atoms with Gasteiger partial charge in [-0.25, -0.2) is 0 Å². The molecule has 1 aromatic carbocycles. The zero-order chi connectivity index (χ0) is 13.3. The minimum atomic E-state index is -0.574. The van der Waals surface area contributed by atoms with Gasteiger partial charge in [-0.05, 0) is 18.9 Å². The number of nitrogens with one attached hydrogen (secondary N) is 1. The molecular formula is C11H11ClN2O4. The van der Waals surface area contributed by atoms with E-state index in [0.717, 1.165) is 6.07 Å². The number of halogens is 1. The van der Waals surface area contributed by atoms with E-state index in [1.807, 2.05) is 0 Å². The van der Waals surface area contributed by atoms with Crippen LogP contribution in [0.25, 0.3) is 0 Å². The Kier molecular flexibility index (Phi) is 3.49. The molecule has 0 bridgehead atoms. The molecule has 96 valence electrons. The molecule has 2 rings (SSSR count). The Labute approximate surface area is 108 Å².